The average molecular weight is 872 g/mol. The number of ketones is 2. The minimum absolute atomic E-state index is 0.0342. The van der Waals surface area contributed by atoms with E-state index in [-0.39, 0.29) is 22.4 Å². The lowest BCUT2D eigenvalue weighted by atomic mass is 9.74. The van der Waals surface area contributed by atoms with Gasteiger partial charge in [-0.15, -0.1) is 0 Å². The number of carbonyl (C=O) groups excluding carboxylic acids is 3. The zero-order chi connectivity index (χ0) is 45.4. The molecule has 0 saturated carbocycles. The molecule has 2 saturated heterocycles. The van der Waals surface area contributed by atoms with Crippen LogP contribution in [0.4, 0.5) is 0 Å². The molecule has 1 amide bonds. The Kier molecular flexibility index (Phi) is 11.8. The number of aliphatic hydroxyl groups excluding tert-OH is 6. The lowest BCUT2D eigenvalue weighted by Gasteiger charge is -2.45. The summed E-state index contributed by atoms with van der Waals surface area (Å²) in [5, 5.41) is 119. The SMILES string of the molecule is COc1cc(O)c2c(c1)C(=O)c1c(cc3c(c1O)-c1c(cc(C)c(C(=O)N(CC(=O)O)CC(=O)O)c1O)[C@H](O[C@@H]1O[C@H](C)[C@H](O)[C@H](O[C@@H]4OC[C@@H](O)[C@H](O)[C@H]4O)[C@H]1O)[C@H]3O)C2=O. The molecule has 0 unspecified atom stereocenters. The summed E-state index contributed by atoms with van der Waals surface area (Å²) in [6.07, 6.45) is -19.1. The summed E-state index contributed by atoms with van der Waals surface area (Å²) in [5.41, 5.74) is -4.65. The molecule has 7 rings (SSSR count). The first-order chi connectivity index (χ1) is 29.2. The van der Waals surface area contributed by atoms with Crippen molar-refractivity contribution < 1.29 is 104 Å². The highest BCUT2D eigenvalue weighted by Gasteiger charge is 2.51. The molecule has 332 valence electrons. The Bertz CT molecular complexity index is 2370. The monoisotopic (exact) mass is 871 g/mol. The van der Waals surface area contributed by atoms with E-state index in [1.165, 1.54) is 21.0 Å². The number of phenols is 3. The number of carbonyl (C=O) groups is 5. The van der Waals surface area contributed by atoms with Gasteiger partial charge in [-0.25, -0.2) is 0 Å². The van der Waals surface area contributed by atoms with Crippen molar-refractivity contribution in [2.75, 3.05) is 26.8 Å². The van der Waals surface area contributed by atoms with Gasteiger partial charge >= 0.3 is 11.9 Å². The predicted octanol–water partition coefficient (Wildman–Crippen LogP) is -1.43. The first-order valence-electron chi connectivity index (χ1n) is 18.8. The molecule has 11 atom stereocenters. The molecule has 4 aliphatic rings. The second-order valence-corrected chi connectivity index (χ2v) is 15.2. The number of nitrogens with zero attached hydrogens (tertiary/aromatic N) is 1. The number of fused-ring (bicyclic) bond motifs is 5. The lowest BCUT2D eigenvalue weighted by molar-refractivity contribution is -0.353. The summed E-state index contributed by atoms with van der Waals surface area (Å²) in [4.78, 5) is 65.8. The number of ether oxygens (including phenoxy) is 5. The Morgan fingerprint density at radius 3 is 1.98 bits per heavy atom. The second-order valence-electron chi connectivity index (χ2n) is 15.2. The third-order valence-electron chi connectivity index (χ3n) is 11.3. The highest BCUT2D eigenvalue weighted by molar-refractivity contribution is 6.31. The maximum Gasteiger partial charge on any atom is 0.323 e. The van der Waals surface area contributed by atoms with E-state index in [1.54, 1.807) is 0 Å². The van der Waals surface area contributed by atoms with Crippen LogP contribution >= 0.6 is 0 Å². The van der Waals surface area contributed by atoms with Crippen molar-refractivity contribution in [3.05, 3.63) is 68.8 Å². The first-order valence-corrected chi connectivity index (χ1v) is 18.8. The molecular weight excluding hydrogens is 830 g/mol. The Balaban J connectivity index is 1.39. The number of aryl methyl sites for hydroxylation is 1. The number of aromatic hydroxyl groups is 3. The minimum atomic E-state index is -2.02. The minimum Gasteiger partial charge on any atom is -0.507 e. The van der Waals surface area contributed by atoms with Crippen LogP contribution in [0.1, 0.15) is 78.0 Å². The normalized spacial score (nSPS) is 28.9. The largest absolute Gasteiger partial charge is 0.507 e. The van der Waals surface area contributed by atoms with Gasteiger partial charge in [-0.1, -0.05) is 6.07 Å². The summed E-state index contributed by atoms with van der Waals surface area (Å²) < 4.78 is 28.0. The van der Waals surface area contributed by atoms with Crippen LogP contribution in [0.15, 0.2) is 24.3 Å². The summed E-state index contributed by atoms with van der Waals surface area (Å²) in [6, 6.07) is 4.33. The van der Waals surface area contributed by atoms with Crippen LogP contribution < -0.4 is 4.74 Å². The fourth-order valence-corrected chi connectivity index (χ4v) is 8.22. The van der Waals surface area contributed by atoms with Crippen LogP contribution in [-0.2, 0) is 28.5 Å². The summed E-state index contributed by atoms with van der Waals surface area (Å²) in [5.74, 6) is -9.28. The number of benzene rings is 3. The van der Waals surface area contributed by atoms with E-state index in [4.69, 9.17) is 23.7 Å². The summed E-state index contributed by atoms with van der Waals surface area (Å²) in [6.45, 7) is -0.184. The smallest absolute Gasteiger partial charge is 0.323 e. The summed E-state index contributed by atoms with van der Waals surface area (Å²) in [7, 11) is 1.23. The molecule has 3 aromatic carbocycles. The molecule has 2 aliphatic heterocycles. The van der Waals surface area contributed by atoms with Crippen molar-refractivity contribution >= 4 is 29.4 Å². The van der Waals surface area contributed by atoms with Gasteiger partial charge in [-0.3, -0.25) is 24.0 Å². The van der Waals surface area contributed by atoms with E-state index in [9.17, 15) is 80.1 Å². The quantitative estimate of drug-likeness (QED) is 0.0870. The number of methoxy groups -OCH3 is 1. The molecule has 0 aromatic heterocycles. The fraction of sp³-hybridized carbons (Fsp3) is 0.425. The van der Waals surface area contributed by atoms with Gasteiger partial charge in [0.05, 0.1) is 36.5 Å². The van der Waals surface area contributed by atoms with E-state index in [0.29, 0.717) is 4.90 Å². The Morgan fingerprint density at radius 2 is 1.35 bits per heavy atom. The molecule has 2 fully saturated rings. The van der Waals surface area contributed by atoms with Crippen molar-refractivity contribution in [1.29, 1.82) is 0 Å². The number of hydrogen-bond acceptors (Lipinski definition) is 19. The van der Waals surface area contributed by atoms with E-state index >= 15 is 0 Å². The van der Waals surface area contributed by atoms with Crippen molar-refractivity contribution in [2.24, 2.45) is 0 Å². The highest BCUT2D eigenvalue weighted by Crippen LogP contribution is 2.57. The van der Waals surface area contributed by atoms with Gasteiger partial charge in [0.25, 0.3) is 5.91 Å². The molecule has 62 heavy (non-hydrogen) atoms. The zero-order valence-electron chi connectivity index (χ0n) is 32.7. The van der Waals surface area contributed by atoms with Crippen LogP contribution in [0.25, 0.3) is 11.1 Å². The van der Waals surface area contributed by atoms with Crippen LogP contribution in [0, 0.1) is 6.92 Å². The number of aliphatic hydroxyl groups is 6. The zero-order valence-corrected chi connectivity index (χ0v) is 32.7. The standard InChI is InChI=1S/C40H41NO21/c1-11-4-17-25(32(53)22(11)38(57)41(8-20(44)45)9-21(46)47)24-15(7-16-26(33(24)54)29(50)14-5-13(58-3)6-18(42)23(14)28(16)49)30(51)36(17)61-40-35(56)37(27(48)12(2)60-40)62-39-34(55)31(52)19(43)10-59-39/h4-7,12,19,27,30-31,34-37,39-40,42-43,48,51-56H,8-10H2,1-3H3,(H,44,45)(H,46,47)/t12-,19-,27+,30+,31+,34-,35-,36+,37+,39+,40+/m1/s1. The van der Waals surface area contributed by atoms with Gasteiger partial charge < -0.3 is 84.8 Å². The molecule has 2 aliphatic carbocycles. The maximum absolute atomic E-state index is 14.1. The van der Waals surface area contributed by atoms with Gasteiger partial charge in [0.1, 0.15) is 84.9 Å². The molecule has 0 radical (unpaired) electrons. The predicted molar refractivity (Wildman–Crippen MR) is 200 cm³/mol. The third kappa shape index (κ3) is 7.28. The number of aliphatic carboxylic acids is 2. The van der Waals surface area contributed by atoms with E-state index in [2.05, 4.69) is 0 Å². The fourth-order valence-electron chi connectivity index (χ4n) is 8.22. The van der Waals surface area contributed by atoms with E-state index in [0.717, 1.165) is 24.3 Å². The average Bonchev–Trinajstić information content (AvgIpc) is 3.20. The maximum atomic E-state index is 14.1. The molecule has 3 aromatic rings. The molecular formula is C40H41NO21. The lowest BCUT2D eigenvalue weighted by Crippen LogP contribution is -2.62. The molecule has 2 heterocycles. The first kappa shape index (κ1) is 44.3. The van der Waals surface area contributed by atoms with Crippen molar-refractivity contribution in [1.82, 2.24) is 4.90 Å². The number of carboxylic acid groups (broad SMARTS) is 2. The molecule has 22 heteroatoms. The third-order valence-corrected chi connectivity index (χ3v) is 11.3. The molecule has 0 spiro atoms. The summed E-state index contributed by atoms with van der Waals surface area (Å²) >= 11 is 0. The number of phenolic OH excluding ortho intramolecular Hbond substituents is 3. The molecule has 0 bridgehead atoms. The van der Waals surface area contributed by atoms with Gasteiger partial charge in [-0.05, 0) is 42.7 Å². The second kappa shape index (κ2) is 16.5. The molecule has 22 nitrogen and oxygen atoms in total. The topological polar surface area (TPSA) is 357 Å². The number of rotatable bonds is 10. The van der Waals surface area contributed by atoms with Crippen LogP contribution in [0.2, 0.25) is 0 Å². The number of amides is 1. The Hall–Kier alpha value is -5.79. The van der Waals surface area contributed by atoms with Gasteiger partial charge in [0, 0.05) is 28.3 Å². The Labute approximate surface area is 348 Å². The van der Waals surface area contributed by atoms with Gasteiger partial charge in [0.15, 0.2) is 24.1 Å². The van der Waals surface area contributed by atoms with Crippen LogP contribution in [0.3, 0.4) is 0 Å². The molecule has 11 N–H and O–H groups in total. The van der Waals surface area contributed by atoms with Gasteiger partial charge in [-0.2, -0.15) is 0 Å². The van der Waals surface area contributed by atoms with E-state index in [1.807, 2.05) is 0 Å². The van der Waals surface area contributed by atoms with Crippen LogP contribution in [-0.4, -0.2) is 173 Å². The number of hydrogen-bond donors (Lipinski definition) is 11. The van der Waals surface area contributed by atoms with Crippen molar-refractivity contribution in [3.63, 3.8) is 0 Å². The van der Waals surface area contributed by atoms with Crippen molar-refractivity contribution in [2.45, 2.75) is 81.4 Å². The number of carboxylic acids is 2. The van der Waals surface area contributed by atoms with E-state index < -0.39 is 173 Å². The van der Waals surface area contributed by atoms with Crippen molar-refractivity contribution in [3.8, 4) is 34.1 Å². The Morgan fingerprint density at radius 1 is 0.742 bits per heavy atom. The van der Waals surface area contributed by atoms with Gasteiger partial charge in [0.2, 0.25) is 0 Å². The van der Waals surface area contributed by atoms with Crippen LogP contribution in [0.5, 0.6) is 23.0 Å². The highest BCUT2D eigenvalue weighted by atomic mass is 16.7.